The third kappa shape index (κ3) is 3.85. The lowest BCUT2D eigenvalue weighted by Crippen LogP contribution is -2.08. The van der Waals surface area contributed by atoms with Crippen LogP contribution in [0.1, 0.15) is 29.3 Å². The normalized spacial score (nSPS) is 10.1. The molecule has 0 spiro atoms. The fraction of sp³-hybridized carbons (Fsp3) is 0.235. The summed E-state index contributed by atoms with van der Waals surface area (Å²) in [4.78, 5) is 12.0. The van der Waals surface area contributed by atoms with E-state index in [9.17, 15) is 4.79 Å². The summed E-state index contributed by atoms with van der Waals surface area (Å²) in [6.07, 6.45) is 0.956. The third-order valence-corrected chi connectivity index (χ3v) is 2.79. The van der Waals surface area contributed by atoms with Crippen LogP contribution in [0.2, 0.25) is 0 Å². The van der Waals surface area contributed by atoms with Crippen LogP contribution in [0.15, 0.2) is 48.5 Å². The number of ether oxygens (including phenoxy) is 2. The number of hydrogen-bond acceptors (Lipinski definition) is 3. The van der Waals surface area contributed by atoms with Gasteiger partial charge < -0.3 is 9.47 Å². The summed E-state index contributed by atoms with van der Waals surface area (Å²) in [7, 11) is 0. The molecule has 0 saturated carbocycles. The zero-order chi connectivity index (χ0) is 14.4. The van der Waals surface area contributed by atoms with E-state index in [0.717, 1.165) is 17.7 Å². The van der Waals surface area contributed by atoms with Crippen LogP contribution in [0.3, 0.4) is 0 Å². The number of rotatable bonds is 5. The third-order valence-electron chi connectivity index (χ3n) is 2.79. The molecule has 0 aliphatic carbocycles. The molecule has 0 amide bonds. The minimum Gasteiger partial charge on any atom is -0.494 e. The summed E-state index contributed by atoms with van der Waals surface area (Å²) in [6, 6.07) is 14.4. The Morgan fingerprint density at radius 1 is 0.950 bits per heavy atom. The average Bonchev–Trinajstić information content (AvgIpc) is 2.48. The van der Waals surface area contributed by atoms with Gasteiger partial charge in [-0.2, -0.15) is 0 Å². The fourth-order valence-corrected chi connectivity index (χ4v) is 1.68. The van der Waals surface area contributed by atoms with Crippen LogP contribution in [0.25, 0.3) is 0 Å². The summed E-state index contributed by atoms with van der Waals surface area (Å²) in [5.41, 5.74) is 1.64. The molecule has 0 aliphatic rings. The summed E-state index contributed by atoms with van der Waals surface area (Å²) in [5, 5.41) is 0. The van der Waals surface area contributed by atoms with Crippen molar-refractivity contribution in [2.75, 3.05) is 6.61 Å². The Balaban J connectivity index is 2.00. The number of benzene rings is 2. The molecular weight excluding hydrogens is 252 g/mol. The second kappa shape index (κ2) is 6.75. The van der Waals surface area contributed by atoms with E-state index >= 15 is 0 Å². The molecule has 0 radical (unpaired) electrons. The lowest BCUT2D eigenvalue weighted by Gasteiger charge is -2.07. The zero-order valence-corrected chi connectivity index (χ0v) is 11.8. The van der Waals surface area contributed by atoms with Gasteiger partial charge in [0.25, 0.3) is 0 Å². The Bertz CT molecular complexity index is 556. The fourth-order valence-electron chi connectivity index (χ4n) is 1.68. The van der Waals surface area contributed by atoms with Gasteiger partial charge in [0, 0.05) is 0 Å². The van der Waals surface area contributed by atoms with Gasteiger partial charge >= 0.3 is 5.97 Å². The van der Waals surface area contributed by atoms with Crippen molar-refractivity contribution in [3.05, 3.63) is 59.7 Å². The lowest BCUT2D eigenvalue weighted by atomic mass is 10.2. The number of aryl methyl sites for hydroxylation is 1. The largest absolute Gasteiger partial charge is 0.494 e. The molecule has 0 heterocycles. The Labute approximate surface area is 119 Å². The molecule has 0 atom stereocenters. The minimum absolute atomic E-state index is 0.365. The van der Waals surface area contributed by atoms with Crippen LogP contribution in [0, 0.1) is 6.92 Å². The topological polar surface area (TPSA) is 35.5 Å². The zero-order valence-electron chi connectivity index (χ0n) is 11.8. The van der Waals surface area contributed by atoms with Gasteiger partial charge in [-0.05, 0) is 49.7 Å². The van der Waals surface area contributed by atoms with Gasteiger partial charge in [0.2, 0.25) is 0 Å². The first-order valence-corrected chi connectivity index (χ1v) is 6.71. The quantitative estimate of drug-likeness (QED) is 0.608. The van der Waals surface area contributed by atoms with E-state index in [2.05, 4.69) is 0 Å². The standard InChI is InChI=1S/C17H18O3/c1-3-12-19-15-10-6-14(7-11-15)17(18)20-16-8-4-13(2)5-9-16/h4-11H,3,12H2,1-2H3. The molecular formula is C17H18O3. The molecule has 2 aromatic rings. The van der Waals surface area contributed by atoms with E-state index in [1.54, 1.807) is 36.4 Å². The molecule has 104 valence electrons. The number of esters is 1. The number of hydrogen-bond donors (Lipinski definition) is 0. The predicted molar refractivity (Wildman–Crippen MR) is 78.4 cm³/mol. The Morgan fingerprint density at radius 3 is 2.15 bits per heavy atom. The summed E-state index contributed by atoms with van der Waals surface area (Å²) in [6.45, 7) is 4.71. The maximum absolute atomic E-state index is 12.0. The van der Waals surface area contributed by atoms with Crippen LogP contribution in [-0.2, 0) is 0 Å². The molecule has 0 bridgehead atoms. The molecule has 0 N–H and O–H groups in total. The van der Waals surface area contributed by atoms with E-state index in [0.29, 0.717) is 17.9 Å². The highest BCUT2D eigenvalue weighted by Gasteiger charge is 2.08. The SMILES string of the molecule is CCCOc1ccc(C(=O)Oc2ccc(C)cc2)cc1. The molecule has 3 nitrogen and oxygen atoms in total. The van der Waals surface area contributed by atoms with Crippen LogP contribution in [0.5, 0.6) is 11.5 Å². The van der Waals surface area contributed by atoms with Crippen LogP contribution in [0.4, 0.5) is 0 Å². The summed E-state index contributed by atoms with van der Waals surface area (Å²) >= 11 is 0. The van der Waals surface area contributed by atoms with Gasteiger partial charge in [0.15, 0.2) is 0 Å². The molecule has 3 heteroatoms. The van der Waals surface area contributed by atoms with Crippen molar-refractivity contribution in [1.82, 2.24) is 0 Å². The van der Waals surface area contributed by atoms with E-state index in [-0.39, 0.29) is 5.97 Å². The average molecular weight is 270 g/mol. The van der Waals surface area contributed by atoms with E-state index in [1.807, 2.05) is 26.0 Å². The van der Waals surface area contributed by atoms with Gasteiger partial charge in [-0.3, -0.25) is 0 Å². The molecule has 0 fully saturated rings. The minimum atomic E-state index is -0.365. The highest BCUT2D eigenvalue weighted by Crippen LogP contribution is 2.16. The first-order chi connectivity index (χ1) is 9.69. The Hall–Kier alpha value is -2.29. The lowest BCUT2D eigenvalue weighted by molar-refractivity contribution is 0.0734. The monoisotopic (exact) mass is 270 g/mol. The van der Waals surface area contributed by atoms with Crippen LogP contribution in [-0.4, -0.2) is 12.6 Å². The Morgan fingerprint density at radius 2 is 1.55 bits per heavy atom. The van der Waals surface area contributed by atoms with Crippen molar-refractivity contribution in [1.29, 1.82) is 0 Å². The van der Waals surface area contributed by atoms with E-state index in [4.69, 9.17) is 9.47 Å². The van der Waals surface area contributed by atoms with Crippen molar-refractivity contribution in [2.45, 2.75) is 20.3 Å². The maximum Gasteiger partial charge on any atom is 0.343 e. The molecule has 0 unspecified atom stereocenters. The second-order valence-corrected chi connectivity index (χ2v) is 4.58. The molecule has 20 heavy (non-hydrogen) atoms. The van der Waals surface area contributed by atoms with Crippen LogP contribution >= 0.6 is 0 Å². The highest BCUT2D eigenvalue weighted by atomic mass is 16.5. The molecule has 0 aliphatic heterocycles. The number of carbonyl (C=O) groups excluding carboxylic acids is 1. The molecule has 0 aromatic heterocycles. The molecule has 0 saturated heterocycles. The first kappa shape index (κ1) is 14.1. The smallest absolute Gasteiger partial charge is 0.343 e. The van der Waals surface area contributed by atoms with E-state index < -0.39 is 0 Å². The molecule has 2 aromatic carbocycles. The maximum atomic E-state index is 12.0. The highest BCUT2D eigenvalue weighted by molar-refractivity contribution is 5.91. The van der Waals surface area contributed by atoms with Gasteiger partial charge in [0.1, 0.15) is 11.5 Å². The molecule has 2 rings (SSSR count). The van der Waals surface area contributed by atoms with Crippen molar-refractivity contribution in [3.63, 3.8) is 0 Å². The van der Waals surface area contributed by atoms with Crippen molar-refractivity contribution < 1.29 is 14.3 Å². The second-order valence-electron chi connectivity index (χ2n) is 4.58. The van der Waals surface area contributed by atoms with Gasteiger partial charge in [-0.15, -0.1) is 0 Å². The van der Waals surface area contributed by atoms with E-state index in [1.165, 1.54) is 0 Å². The predicted octanol–water partition coefficient (Wildman–Crippen LogP) is 4.00. The van der Waals surface area contributed by atoms with Crippen molar-refractivity contribution in [2.24, 2.45) is 0 Å². The van der Waals surface area contributed by atoms with Gasteiger partial charge in [0.05, 0.1) is 12.2 Å². The van der Waals surface area contributed by atoms with Crippen LogP contribution < -0.4 is 9.47 Å². The summed E-state index contributed by atoms with van der Waals surface area (Å²) in [5.74, 6) is 0.946. The van der Waals surface area contributed by atoms with Gasteiger partial charge in [-0.1, -0.05) is 24.6 Å². The van der Waals surface area contributed by atoms with Gasteiger partial charge in [-0.25, -0.2) is 4.79 Å². The number of carbonyl (C=O) groups is 1. The van der Waals surface area contributed by atoms with Crippen molar-refractivity contribution >= 4 is 5.97 Å². The summed E-state index contributed by atoms with van der Waals surface area (Å²) < 4.78 is 10.8. The Kier molecular flexibility index (Phi) is 4.77. The van der Waals surface area contributed by atoms with Crippen molar-refractivity contribution in [3.8, 4) is 11.5 Å². The first-order valence-electron chi connectivity index (χ1n) is 6.71.